The monoisotopic (exact) mass is 744 g/mol. The van der Waals surface area contributed by atoms with Crippen LogP contribution in [0.15, 0.2) is 120 Å². The van der Waals surface area contributed by atoms with Crippen molar-refractivity contribution in [1.29, 1.82) is 0 Å². The first-order chi connectivity index (χ1) is 18.5. The van der Waals surface area contributed by atoms with Crippen LogP contribution in [0.5, 0.6) is 0 Å². The van der Waals surface area contributed by atoms with Crippen LogP contribution in [0.25, 0.3) is 0 Å². The van der Waals surface area contributed by atoms with Gasteiger partial charge >= 0.3 is 0 Å². The fourth-order valence-electron chi connectivity index (χ4n) is 4.43. The number of benzene rings is 4. The van der Waals surface area contributed by atoms with Crippen LogP contribution in [0, 0.1) is 0 Å². The number of Topliss-reactive ketones (excluding diaryl/α,β-unsaturated/α-hetero) is 1. The molecule has 1 amide bonds. The Morgan fingerprint density at radius 1 is 0.692 bits per heavy atom. The van der Waals surface area contributed by atoms with Gasteiger partial charge in [0.05, 0.1) is 0 Å². The van der Waals surface area contributed by atoms with Gasteiger partial charge in [0, 0.05) is 10.0 Å². The lowest BCUT2D eigenvalue weighted by molar-refractivity contribution is -0.120. The molecule has 0 aliphatic heterocycles. The van der Waals surface area contributed by atoms with Gasteiger partial charge in [0.25, 0.3) is 9.97 Å². The third kappa shape index (κ3) is 5.97. The molecule has 3 nitrogen and oxygen atoms in total. The molecule has 1 N–H and O–H groups in total. The molecule has 4 aromatic rings. The van der Waals surface area contributed by atoms with E-state index < -0.39 is 32.3 Å². The van der Waals surface area contributed by atoms with Gasteiger partial charge in [-0.25, -0.2) is 0 Å². The van der Waals surface area contributed by atoms with Crippen molar-refractivity contribution in [3.8, 4) is 0 Å². The minimum absolute atomic E-state index is 0.317. The van der Waals surface area contributed by atoms with Crippen LogP contribution in [0.4, 0.5) is 0 Å². The van der Waals surface area contributed by atoms with Crippen molar-refractivity contribution in [3.63, 3.8) is 0 Å². The van der Waals surface area contributed by atoms with Gasteiger partial charge in [-0.15, -0.1) is 0 Å². The van der Waals surface area contributed by atoms with E-state index in [4.69, 9.17) is 46.4 Å². The van der Waals surface area contributed by atoms with Gasteiger partial charge in [0.1, 0.15) is 23.2 Å². The molecule has 39 heavy (non-hydrogen) atoms. The van der Waals surface area contributed by atoms with Gasteiger partial charge in [0.15, 0.2) is 5.50 Å². The first-order valence-electron chi connectivity index (χ1n) is 11.6. The summed E-state index contributed by atoms with van der Waals surface area (Å²) in [7, 11) is -3.22. The van der Waals surface area contributed by atoms with Gasteiger partial charge in [-0.2, -0.15) is 0 Å². The van der Waals surface area contributed by atoms with Gasteiger partial charge in [-0.1, -0.05) is 129 Å². The van der Waals surface area contributed by atoms with Crippen LogP contribution in [0.2, 0.25) is 0 Å². The molecule has 0 aromatic heterocycles. The van der Waals surface area contributed by atoms with Crippen LogP contribution in [0.3, 0.4) is 0 Å². The number of carbonyl (C=O) groups excluding carboxylic acids is 2. The van der Waals surface area contributed by atoms with Crippen molar-refractivity contribution in [2.75, 3.05) is 0 Å². The Bertz CT molecular complexity index is 1340. The van der Waals surface area contributed by atoms with E-state index in [1.165, 1.54) is 0 Å². The largest absolute Gasteiger partial charge is 0.331 e. The summed E-state index contributed by atoms with van der Waals surface area (Å²) >= 11 is 31.7. The van der Waals surface area contributed by atoms with E-state index in [2.05, 4.69) is 37.2 Å². The van der Waals surface area contributed by atoms with Crippen molar-refractivity contribution in [2.24, 2.45) is 0 Å². The first-order valence-corrected chi connectivity index (χ1v) is 16.5. The summed E-state index contributed by atoms with van der Waals surface area (Å²) in [5.74, 6) is -1.20. The molecule has 10 heteroatoms. The van der Waals surface area contributed by atoms with E-state index in [1.54, 1.807) is 24.3 Å². The molecule has 0 aliphatic carbocycles. The highest BCUT2D eigenvalue weighted by molar-refractivity contribution is 9.12. The van der Waals surface area contributed by atoms with Crippen molar-refractivity contribution >= 4 is 113 Å². The predicted octanol–water partition coefficient (Wildman–Crippen LogP) is 7.77. The fourth-order valence-corrected chi connectivity index (χ4v) is 11.8. The third-order valence-corrected chi connectivity index (χ3v) is 15.0. The molecular formula is C29H21Br2Cl4NO2P+. The molecule has 2 atom stereocenters. The van der Waals surface area contributed by atoms with Crippen molar-refractivity contribution in [1.82, 2.24) is 5.32 Å². The zero-order chi connectivity index (χ0) is 28.3. The molecule has 0 fully saturated rings. The average Bonchev–Trinajstić information content (AvgIpc) is 2.94. The summed E-state index contributed by atoms with van der Waals surface area (Å²) in [5, 5.41) is 4.99. The van der Waals surface area contributed by atoms with E-state index in [0.717, 1.165) is 20.4 Å². The Kier molecular flexibility index (Phi) is 9.87. The lowest BCUT2D eigenvalue weighted by atomic mass is 10.1. The van der Waals surface area contributed by atoms with Crippen LogP contribution < -0.4 is 21.2 Å². The Morgan fingerprint density at radius 2 is 1.08 bits per heavy atom. The summed E-state index contributed by atoms with van der Waals surface area (Å²) in [5.41, 5.74) is -1.11. The maximum Gasteiger partial charge on any atom is 0.285 e. The van der Waals surface area contributed by atoms with Crippen molar-refractivity contribution in [2.45, 2.75) is 13.4 Å². The van der Waals surface area contributed by atoms with E-state index in [9.17, 15) is 9.59 Å². The van der Waals surface area contributed by atoms with Gasteiger partial charge in [0.2, 0.25) is 9.58 Å². The summed E-state index contributed by atoms with van der Waals surface area (Å²) < 4.78 is -3.14. The standard InChI is InChI=1S/C29H20Br2Cl4NO2P/c30-21-18-16-20(17-19-21)25(37)28(31,27(38)36-26(32)29(33,34)35)39(22-10-4-1-5-11-22,23-12-6-2-7-13-23)24-14-8-3-9-15-24/h1-19,26H/p+1/t26-,28+/m1/s1. The molecule has 0 heterocycles. The summed E-state index contributed by atoms with van der Waals surface area (Å²) in [6, 6.07) is 35.4. The number of ketones is 1. The van der Waals surface area contributed by atoms with Gasteiger partial charge in [-0.3, -0.25) is 9.59 Å². The molecule has 4 aromatic carbocycles. The molecule has 4 rings (SSSR count). The van der Waals surface area contributed by atoms with Crippen molar-refractivity contribution in [3.05, 3.63) is 125 Å². The van der Waals surface area contributed by atoms with E-state index in [1.807, 2.05) is 91.0 Å². The SMILES string of the molecule is O=C(N[C@@H](Cl)C(Cl)(Cl)Cl)[C@](Br)(C(=O)c1ccc(Br)cc1)[P+](c1ccccc1)(c1ccccc1)c1ccccc1. The maximum absolute atomic E-state index is 14.8. The molecule has 0 radical (unpaired) electrons. The molecule has 0 unspecified atom stereocenters. The highest BCUT2D eigenvalue weighted by Gasteiger charge is 2.70. The number of amides is 1. The fraction of sp³-hybridized carbons (Fsp3) is 0.103. The second-order valence-corrected chi connectivity index (χ2v) is 17.6. The number of nitrogens with one attached hydrogen (secondary N) is 1. The van der Waals surface area contributed by atoms with Crippen LogP contribution in [-0.2, 0) is 4.79 Å². The smallest absolute Gasteiger partial charge is 0.285 e. The molecule has 200 valence electrons. The molecule has 0 bridgehead atoms. The molecular weight excluding hydrogens is 727 g/mol. The number of carbonyl (C=O) groups is 2. The topological polar surface area (TPSA) is 46.2 Å². The number of hydrogen-bond donors (Lipinski definition) is 1. The number of halogens is 6. The summed E-state index contributed by atoms with van der Waals surface area (Å²) in [6.07, 6.45) is 0. The Labute approximate surface area is 264 Å². The molecule has 0 spiro atoms. The van der Waals surface area contributed by atoms with Crippen LogP contribution in [0.1, 0.15) is 10.4 Å². The Balaban J connectivity index is 2.14. The number of alkyl halides is 5. The molecule has 0 saturated heterocycles. The number of hydrogen-bond acceptors (Lipinski definition) is 2. The van der Waals surface area contributed by atoms with E-state index in [-0.39, 0.29) is 0 Å². The number of rotatable bonds is 8. The first kappa shape index (κ1) is 30.5. The zero-order valence-corrected chi connectivity index (χ0v) is 27.2. The maximum atomic E-state index is 14.8. The second-order valence-electron chi connectivity index (χ2n) is 8.51. The Hall–Kier alpha value is -1.43. The van der Waals surface area contributed by atoms with Crippen LogP contribution in [-0.4, -0.2) is 25.0 Å². The quantitative estimate of drug-likeness (QED) is 0.0659. The normalized spacial score (nSPS) is 14.2. The highest BCUT2D eigenvalue weighted by atomic mass is 79.9. The minimum Gasteiger partial charge on any atom is -0.331 e. The van der Waals surface area contributed by atoms with Gasteiger partial charge < -0.3 is 5.32 Å². The summed E-state index contributed by atoms with van der Waals surface area (Å²) in [6.45, 7) is 0. The lowest BCUT2D eigenvalue weighted by Gasteiger charge is -2.39. The Morgan fingerprint density at radius 3 is 1.44 bits per heavy atom. The highest BCUT2D eigenvalue weighted by Crippen LogP contribution is 2.69. The van der Waals surface area contributed by atoms with E-state index >= 15 is 0 Å². The minimum atomic E-state index is -3.22. The van der Waals surface area contributed by atoms with Gasteiger partial charge in [-0.05, 0) is 64.5 Å². The molecule has 0 saturated carbocycles. The second kappa shape index (κ2) is 12.6. The lowest BCUT2D eigenvalue weighted by Crippen LogP contribution is -2.59. The van der Waals surface area contributed by atoms with Crippen LogP contribution >= 0.6 is 85.5 Å². The average molecular weight is 748 g/mol. The molecule has 0 aliphatic rings. The summed E-state index contributed by atoms with van der Waals surface area (Å²) in [4.78, 5) is 29.3. The van der Waals surface area contributed by atoms with E-state index in [0.29, 0.717) is 5.56 Å². The third-order valence-electron chi connectivity index (χ3n) is 6.15. The zero-order valence-electron chi connectivity index (χ0n) is 20.1. The predicted molar refractivity (Wildman–Crippen MR) is 173 cm³/mol. The van der Waals surface area contributed by atoms with Crippen molar-refractivity contribution < 1.29 is 9.59 Å².